The Morgan fingerprint density at radius 2 is 1.93 bits per heavy atom. The topological polar surface area (TPSA) is 67.2 Å². The van der Waals surface area contributed by atoms with Gasteiger partial charge < -0.3 is 14.5 Å². The second kappa shape index (κ2) is 6.95. The lowest BCUT2D eigenvalue weighted by Gasteiger charge is -2.34. The van der Waals surface area contributed by atoms with Gasteiger partial charge in [-0.05, 0) is 42.8 Å². The Morgan fingerprint density at radius 1 is 1.18 bits per heavy atom. The maximum Gasteiger partial charge on any atom is 0.277 e. The van der Waals surface area contributed by atoms with Crippen LogP contribution in [-0.4, -0.2) is 52.8 Å². The number of rotatable bonds is 3. The van der Waals surface area contributed by atoms with Gasteiger partial charge in [-0.1, -0.05) is 6.07 Å². The minimum atomic E-state index is -0.714. The minimum absolute atomic E-state index is 0.128. The summed E-state index contributed by atoms with van der Waals surface area (Å²) in [5.41, 5.74) is 1.62. The fourth-order valence-electron chi connectivity index (χ4n) is 3.34. The van der Waals surface area contributed by atoms with Crippen LogP contribution in [0.5, 0.6) is 5.75 Å². The molecule has 8 heteroatoms. The Balaban J connectivity index is 1.54. The predicted octanol–water partition coefficient (Wildman–Crippen LogP) is 2.28. The third-order valence-electron chi connectivity index (χ3n) is 4.88. The smallest absolute Gasteiger partial charge is 0.277 e. The van der Waals surface area contributed by atoms with Gasteiger partial charge in [-0.25, -0.2) is 4.98 Å². The molecule has 0 saturated carbocycles. The number of halogens is 1. The molecular weight excluding hydrogens is 363 g/mol. The molecule has 4 rings (SSSR count). The second-order valence-corrected chi connectivity index (χ2v) is 6.61. The number of imidazole rings is 1. The number of aryl methyl sites for hydroxylation is 1. The van der Waals surface area contributed by atoms with Crippen molar-refractivity contribution in [3.8, 4) is 5.75 Å². The molecule has 2 aromatic heterocycles. The molecule has 144 valence electrons. The van der Waals surface area contributed by atoms with Gasteiger partial charge in [0.25, 0.3) is 5.91 Å². The van der Waals surface area contributed by atoms with Crippen molar-refractivity contribution in [2.24, 2.45) is 0 Å². The SMILES string of the molecule is COc1ccc(N2CCN(C(=O)c3nc4c(C)cccn4c3F)CC2=O)cc1. The van der Waals surface area contributed by atoms with E-state index < -0.39 is 11.9 Å². The van der Waals surface area contributed by atoms with Crippen molar-refractivity contribution in [2.75, 3.05) is 31.6 Å². The standard InChI is InChI=1S/C20H19FN4O3/c1-13-4-3-9-25-18(21)17(22-19(13)25)20(27)23-10-11-24(16(26)12-23)14-5-7-15(28-2)8-6-14/h3-9H,10-12H2,1-2H3. The molecule has 0 atom stereocenters. The van der Waals surface area contributed by atoms with E-state index in [-0.39, 0.29) is 18.1 Å². The number of fused-ring (bicyclic) bond motifs is 1. The van der Waals surface area contributed by atoms with E-state index in [1.807, 2.05) is 0 Å². The van der Waals surface area contributed by atoms with Crippen molar-refractivity contribution in [1.82, 2.24) is 14.3 Å². The minimum Gasteiger partial charge on any atom is -0.497 e. The number of hydrogen-bond donors (Lipinski definition) is 0. The zero-order valence-corrected chi connectivity index (χ0v) is 15.6. The highest BCUT2D eigenvalue weighted by Gasteiger charge is 2.31. The Hall–Kier alpha value is -3.42. The van der Waals surface area contributed by atoms with Crippen LogP contribution in [0, 0.1) is 12.9 Å². The Kier molecular flexibility index (Phi) is 4.46. The van der Waals surface area contributed by atoms with Crippen LogP contribution >= 0.6 is 0 Å². The molecule has 0 radical (unpaired) electrons. The first-order chi connectivity index (χ1) is 13.5. The van der Waals surface area contributed by atoms with Crippen LogP contribution in [0.2, 0.25) is 0 Å². The monoisotopic (exact) mass is 382 g/mol. The molecule has 1 aliphatic heterocycles. The first-order valence-electron chi connectivity index (χ1n) is 8.86. The summed E-state index contributed by atoms with van der Waals surface area (Å²) in [6.07, 6.45) is 1.52. The molecule has 0 spiro atoms. The average molecular weight is 382 g/mol. The maximum atomic E-state index is 14.7. The maximum absolute atomic E-state index is 14.7. The molecule has 2 amide bonds. The van der Waals surface area contributed by atoms with Crippen molar-refractivity contribution in [1.29, 1.82) is 0 Å². The summed E-state index contributed by atoms with van der Waals surface area (Å²) in [4.78, 5) is 32.5. The summed E-state index contributed by atoms with van der Waals surface area (Å²) in [5, 5.41) is 0. The number of amides is 2. The van der Waals surface area contributed by atoms with E-state index in [0.717, 1.165) is 11.3 Å². The summed E-state index contributed by atoms with van der Waals surface area (Å²) in [5.74, 6) is -0.829. The lowest BCUT2D eigenvalue weighted by Crippen LogP contribution is -2.52. The van der Waals surface area contributed by atoms with Crippen molar-refractivity contribution < 1.29 is 18.7 Å². The van der Waals surface area contributed by atoms with Gasteiger partial charge in [0, 0.05) is 25.0 Å². The van der Waals surface area contributed by atoms with Gasteiger partial charge in [0.1, 0.15) is 17.9 Å². The highest BCUT2D eigenvalue weighted by Crippen LogP contribution is 2.22. The molecule has 3 heterocycles. The number of anilines is 1. The molecule has 1 fully saturated rings. The Bertz CT molecular complexity index is 1060. The van der Waals surface area contributed by atoms with E-state index in [1.165, 1.54) is 15.5 Å². The molecule has 1 aromatic carbocycles. The number of methoxy groups -OCH3 is 1. The van der Waals surface area contributed by atoms with Gasteiger partial charge in [-0.3, -0.25) is 14.0 Å². The van der Waals surface area contributed by atoms with Gasteiger partial charge in [-0.15, -0.1) is 0 Å². The molecule has 0 N–H and O–H groups in total. The highest BCUT2D eigenvalue weighted by molar-refractivity contribution is 6.01. The number of hydrogen-bond acceptors (Lipinski definition) is 4. The highest BCUT2D eigenvalue weighted by atomic mass is 19.1. The van der Waals surface area contributed by atoms with Crippen LogP contribution < -0.4 is 9.64 Å². The van der Waals surface area contributed by atoms with E-state index in [1.54, 1.807) is 55.3 Å². The van der Waals surface area contributed by atoms with Crippen LogP contribution in [0.4, 0.5) is 10.1 Å². The third kappa shape index (κ3) is 2.96. The summed E-state index contributed by atoms with van der Waals surface area (Å²) in [7, 11) is 1.57. The van der Waals surface area contributed by atoms with Crippen LogP contribution in [0.25, 0.3) is 5.65 Å². The van der Waals surface area contributed by atoms with Crippen molar-refractivity contribution in [3.05, 3.63) is 59.8 Å². The van der Waals surface area contributed by atoms with Gasteiger partial charge in [0.05, 0.1) is 7.11 Å². The summed E-state index contributed by atoms with van der Waals surface area (Å²) in [6, 6.07) is 10.6. The van der Waals surface area contributed by atoms with Crippen molar-refractivity contribution in [2.45, 2.75) is 6.92 Å². The number of carbonyl (C=O) groups excluding carboxylic acids is 2. The second-order valence-electron chi connectivity index (χ2n) is 6.61. The summed E-state index contributed by atoms with van der Waals surface area (Å²) < 4.78 is 21.0. The zero-order chi connectivity index (χ0) is 19.8. The van der Waals surface area contributed by atoms with Gasteiger partial charge >= 0.3 is 0 Å². The molecular formula is C20H19FN4O3. The fourth-order valence-corrected chi connectivity index (χ4v) is 3.34. The van der Waals surface area contributed by atoms with Gasteiger partial charge in [0.2, 0.25) is 11.9 Å². The van der Waals surface area contributed by atoms with E-state index in [9.17, 15) is 14.0 Å². The van der Waals surface area contributed by atoms with Crippen molar-refractivity contribution >= 4 is 23.1 Å². The normalized spacial score (nSPS) is 14.6. The first kappa shape index (κ1) is 18.0. The third-order valence-corrected chi connectivity index (χ3v) is 4.88. The largest absolute Gasteiger partial charge is 0.497 e. The van der Waals surface area contributed by atoms with Crippen LogP contribution in [0.1, 0.15) is 16.1 Å². The van der Waals surface area contributed by atoms with E-state index >= 15 is 0 Å². The average Bonchev–Trinajstić information content (AvgIpc) is 3.05. The fraction of sp³-hybridized carbons (Fsp3) is 0.250. The molecule has 0 aliphatic carbocycles. The first-order valence-corrected chi connectivity index (χ1v) is 8.86. The number of benzene rings is 1. The van der Waals surface area contributed by atoms with Crippen LogP contribution in [-0.2, 0) is 4.79 Å². The van der Waals surface area contributed by atoms with Gasteiger partial charge in [0.15, 0.2) is 5.69 Å². The van der Waals surface area contributed by atoms with Crippen LogP contribution in [0.15, 0.2) is 42.6 Å². The molecule has 1 saturated heterocycles. The lowest BCUT2D eigenvalue weighted by molar-refractivity contribution is -0.120. The number of piperazine rings is 1. The zero-order valence-electron chi connectivity index (χ0n) is 15.6. The van der Waals surface area contributed by atoms with Crippen molar-refractivity contribution in [3.63, 3.8) is 0 Å². The van der Waals surface area contributed by atoms with Crippen LogP contribution in [0.3, 0.4) is 0 Å². The van der Waals surface area contributed by atoms with E-state index in [4.69, 9.17) is 4.74 Å². The Morgan fingerprint density at radius 3 is 2.57 bits per heavy atom. The molecule has 3 aromatic rings. The molecule has 0 bridgehead atoms. The summed E-state index contributed by atoms with van der Waals surface area (Å²) >= 11 is 0. The Labute approximate surface area is 160 Å². The van der Waals surface area contributed by atoms with E-state index in [0.29, 0.717) is 24.5 Å². The number of aromatic nitrogens is 2. The number of nitrogens with zero attached hydrogens (tertiary/aromatic N) is 4. The quantitative estimate of drug-likeness (QED) is 0.697. The van der Waals surface area contributed by atoms with E-state index in [2.05, 4.69) is 4.98 Å². The number of ether oxygens (including phenoxy) is 1. The lowest BCUT2D eigenvalue weighted by atomic mass is 10.2. The molecule has 1 aliphatic rings. The summed E-state index contributed by atoms with van der Waals surface area (Å²) in [6.45, 7) is 2.29. The van der Waals surface area contributed by atoms with Gasteiger partial charge in [-0.2, -0.15) is 4.39 Å². The molecule has 0 unspecified atom stereocenters. The molecule has 7 nitrogen and oxygen atoms in total. The molecule has 28 heavy (non-hydrogen) atoms. The predicted molar refractivity (Wildman–Crippen MR) is 101 cm³/mol. The number of carbonyl (C=O) groups is 2. The number of pyridine rings is 1.